The van der Waals surface area contributed by atoms with Crippen LogP contribution in [-0.4, -0.2) is 48.3 Å². The third-order valence-electron chi connectivity index (χ3n) is 7.70. The Morgan fingerprint density at radius 2 is 1.89 bits per heavy atom. The molecule has 0 radical (unpaired) electrons. The molecule has 0 bridgehead atoms. The number of hydrogen-bond acceptors (Lipinski definition) is 3. The van der Waals surface area contributed by atoms with Crippen molar-refractivity contribution in [3.8, 4) is 11.5 Å². The van der Waals surface area contributed by atoms with Crippen LogP contribution in [0.4, 0.5) is 4.79 Å². The standard InChI is InChI=1S/C30H35N3O3Si/c1-21(24-11-12-24)32(19-23-8-6-5-7-9-23)27(34)20-33-28(35)30(31-29(33)36)16-14-25-18-22(10-13-26(25)30)15-17-37(2,3)4/h5-10,13,18,21,24H,11-12,14,16,19-20H2,1-4H3,(H,31,36)/t21-,30-/m0/s1. The lowest BCUT2D eigenvalue weighted by Gasteiger charge is -2.31. The molecule has 1 heterocycles. The molecule has 2 aromatic rings. The molecule has 1 N–H and O–H groups in total. The van der Waals surface area contributed by atoms with Gasteiger partial charge in [-0.1, -0.05) is 62.0 Å². The summed E-state index contributed by atoms with van der Waals surface area (Å²) in [6.45, 7) is 8.91. The first-order chi connectivity index (χ1) is 17.6. The summed E-state index contributed by atoms with van der Waals surface area (Å²) in [6.07, 6.45) is 3.39. The molecule has 2 fully saturated rings. The van der Waals surface area contributed by atoms with Crippen LogP contribution in [0.3, 0.4) is 0 Å². The van der Waals surface area contributed by atoms with Gasteiger partial charge in [0.25, 0.3) is 5.91 Å². The first-order valence-corrected chi connectivity index (χ1v) is 16.7. The quantitative estimate of drug-likeness (QED) is 0.353. The van der Waals surface area contributed by atoms with Gasteiger partial charge in [-0.3, -0.25) is 14.5 Å². The van der Waals surface area contributed by atoms with Gasteiger partial charge in [-0.05, 0) is 67.3 Å². The molecule has 192 valence electrons. The third-order valence-corrected chi connectivity index (χ3v) is 8.57. The minimum Gasteiger partial charge on any atom is -0.334 e. The number of benzene rings is 2. The highest BCUT2D eigenvalue weighted by atomic mass is 28.3. The summed E-state index contributed by atoms with van der Waals surface area (Å²) in [5, 5.41) is 2.96. The van der Waals surface area contributed by atoms with Crippen LogP contribution in [-0.2, 0) is 28.1 Å². The number of carbonyl (C=O) groups is 3. The summed E-state index contributed by atoms with van der Waals surface area (Å²) in [6, 6.07) is 15.3. The lowest BCUT2D eigenvalue weighted by molar-refractivity contribution is -0.141. The van der Waals surface area contributed by atoms with Crippen LogP contribution in [0.5, 0.6) is 0 Å². The lowest BCUT2D eigenvalue weighted by Crippen LogP contribution is -2.47. The summed E-state index contributed by atoms with van der Waals surface area (Å²) in [4.78, 5) is 43.3. The van der Waals surface area contributed by atoms with Gasteiger partial charge in [0.05, 0.1) is 0 Å². The Kier molecular flexibility index (Phi) is 6.49. The zero-order chi connectivity index (χ0) is 26.4. The van der Waals surface area contributed by atoms with Crippen molar-refractivity contribution in [1.29, 1.82) is 0 Å². The van der Waals surface area contributed by atoms with Crippen LogP contribution in [0.2, 0.25) is 19.6 Å². The Hall–Kier alpha value is -3.37. The molecule has 0 aromatic heterocycles. The van der Waals surface area contributed by atoms with Crippen LogP contribution in [0, 0.1) is 17.4 Å². The lowest BCUT2D eigenvalue weighted by atomic mass is 9.91. The molecule has 2 aromatic carbocycles. The van der Waals surface area contributed by atoms with Gasteiger partial charge < -0.3 is 10.2 Å². The fraction of sp³-hybridized carbons (Fsp3) is 0.433. The van der Waals surface area contributed by atoms with Gasteiger partial charge in [-0.25, -0.2) is 4.79 Å². The summed E-state index contributed by atoms with van der Waals surface area (Å²) in [5.74, 6) is 3.23. The van der Waals surface area contributed by atoms with Crippen LogP contribution < -0.4 is 5.32 Å². The van der Waals surface area contributed by atoms with Gasteiger partial charge in [0.15, 0.2) is 0 Å². The molecule has 1 spiro atoms. The Morgan fingerprint density at radius 3 is 2.57 bits per heavy atom. The number of nitrogens with zero attached hydrogens (tertiary/aromatic N) is 2. The van der Waals surface area contributed by atoms with E-state index in [-0.39, 0.29) is 24.4 Å². The van der Waals surface area contributed by atoms with E-state index in [1.807, 2.05) is 53.4 Å². The van der Waals surface area contributed by atoms with E-state index in [1.54, 1.807) is 0 Å². The Bertz CT molecular complexity index is 1300. The summed E-state index contributed by atoms with van der Waals surface area (Å²) in [7, 11) is -1.50. The van der Waals surface area contributed by atoms with Crippen molar-refractivity contribution in [2.24, 2.45) is 5.92 Å². The van der Waals surface area contributed by atoms with Crippen molar-refractivity contribution in [2.75, 3.05) is 6.54 Å². The molecule has 2 atom stereocenters. The Morgan fingerprint density at radius 1 is 1.16 bits per heavy atom. The molecule has 1 aliphatic heterocycles. The molecular formula is C30H35N3O3Si. The number of aryl methyl sites for hydroxylation is 1. The smallest absolute Gasteiger partial charge is 0.325 e. The molecule has 5 rings (SSSR count). The first-order valence-electron chi connectivity index (χ1n) is 13.2. The Balaban J connectivity index is 1.36. The highest BCUT2D eigenvalue weighted by Gasteiger charge is 2.56. The molecule has 37 heavy (non-hydrogen) atoms. The van der Waals surface area contributed by atoms with Gasteiger partial charge in [0.1, 0.15) is 20.2 Å². The largest absolute Gasteiger partial charge is 0.334 e. The molecule has 1 saturated heterocycles. The third kappa shape index (κ3) is 5.08. The number of rotatable bonds is 6. The monoisotopic (exact) mass is 513 g/mol. The molecule has 3 aliphatic rings. The fourth-order valence-electron chi connectivity index (χ4n) is 5.43. The van der Waals surface area contributed by atoms with Crippen LogP contribution in [0.1, 0.15) is 48.4 Å². The average Bonchev–Trinajstić information content (AvgIpc) is 3.62. The summed E-state index contributed by atoms with van der Waals surface area (Å²) < 4.78 is 0. The van der Waals surface area contributed by atoms with E-state index in [1.165, 1.54) is 0 Å². The number of fused-ring (bicyclic) bond motifs is 2. The normalized spacial score (nSPS) is 21.4. The predicted octanol–water partition coefficient (Wildman–Crippen LogP) is 4.44. The van der Waals surface area contributed by atoms with Crippen LogP contribution in [0.15, 0.2) is 48.5 Å². The van der Waals surface area contributed by atoms with Crippen molar-refractivity contribution in [1.82, 2.24) is 15.1 Å². The predicted molar refractivity (Wildman–Crippen MR) is 146 cm³/mol. The molecule has 0 unspecified atom stereocenters. The maximum absolute atomic E-state index is 13.7. The fourth-order valence-corrected chi connectivity index (χ4v) is 5.95. The second kappa shape index (κ2) is 9.49. The van der Waals surface area contributed by atoms with Crippen molar-refractivity contribution in [2.45, 2.75) is 70.4 Å². The second-order valence-corrected chi connectivity index (χ2v) is 16.4. The van der Waals surface area contributed by atoms with Gasteiger partial charge in [0.2, 0.25) is 5.91 Å². The molecule has 2 aliphatic carbocycles. The first kappa shape index (κ1) is 25.3. The van der Waals surface area contributed by atoms with E-state index in [9.17, 15) is 14.4 Å². The molecule has 6 nitrogen and oxygen atoms in total. The van der Waals surface area contributed by atoms with E-state index in [4.69, 9.17) is 0 Å². The molecule has 4 amide bonds. The van der Waals surface area contributed by atoms with E-state index in [0.29, 0.717) is 25.3 Å². The molecule has 1 saturated carbocycles. The highest BCUT2D eigenvalue weighted by Crippen LogP contribution is 2.42. The highest BCUT2D eigenvalue weighted by molar-refractivity contribution is 6.83. The number of amides is 4. The maximum atomic E-state index is 13.7. The number of nitrogens with one attached hydrogen (secondary N) is 1. The zero-order valence-electron chi connectivity index (χ0n) is 22.1. The van der Waals surface area contributed by atoms with Gasteiger partial charge in [-0.15, -0.1) is 5.54 Å². The van der Waals surface area contributed by atoms with E-state index in [0.717, 1.165) is 40.0 Å². The number of hydrogen-bond donors (Lipinski definition) is 1. The van der Waals surface area contributed by atoms with Crippen LogP contribution in [0.25, 0.3) is 0 Å². The summed E-state index contributed by atoms with van der Waals surface area (Å²) >= 11 is 0. The van der Waals surface area contributed by atoms with Crippen molar-refractivity contribution in [3.63, 3.8) is 0 Å². The Labute approximate surface area is 220 Å². The SMILES string of the molecule is C[C@@H](C1CC1)N(Cc1ccccc1)C(=O)CN1C(=O)N[C@]2(CCc3cc(C#C[Si](C)(C)C)ccc32)C1=O. The van der Waals surface area contributed by atoms with Crippen LogP contribution >= 0.6 is 0 Å². The second-order valence-electron chi connectivity index (χ2n) is 11.7. The van der Waals surface area contributed by atoms with Gasteiger partial charge >= 0.3 is 6.03 Å². The van der Waals surface area contributed by atoms with Crippen molar-refractivity contribution < 1.29 is 14.4 Å². The molecule has 7 heteroatoms. The average molecular weight is 514 g/mol. The van der Waals surface area contributed by atoms with Crippen molar-refractivity contribution >= 4 is 25.9 Å². The van der Waals surface area contributed by atoms with Gasteiger partial charge in [0, 0.05) is 18.2 Å². The number of imide groups is 1. The van der Waals surface area contributed by atoms with E-state index < -0.39 is 19.6 Å². The number of urea groups is 1. The van der Waals surface area contributed by atoms with E-state index >= 15 is 0 Å². The number of carbonyl (C=O) groups excluding carboxylic acids is 3. The summed E-state index contributed by atoms with van der Waals surface area (Å²) in [5.41, 5.74) is 6.13. The topological polar surface area (TPSA) is 69.7 Å². The minimum absolute atomic E-state index is 0.0605. The molecular weight excluding hydrogens is 478 g/mol. The minimum atomic E-state index is -1.50. The van der Waals surface area contributed by atoms with Gasteiger partial charge in [-0.2, -0.15) is 0 Å². The zero-order valence-corrected chi connectivity index (χ0v) is 23.1. The maximum Gasteiger partial charge on any atom is 0.325 e. The van der Waals surface area contributed by atoms with E-state index in [2.05, 4.69) is 43.3 Å². The van der Waals surface area contributed by atoms with Crippen molar-refractivity contribution in [3.05, 3.63) is 70.8 Å².